The minimum absolute atomic E-state index is 0.150. The Morgan fingerprint density at radius 2 is 1.76 bits per heavy atom. The maximum atomic E-state index is 13.3. The molecule has 37 heavy (non-hydrogen) atoms. The lowest BCUT2D eigenvalue weighted by molar-refractivity contribution is -0.157. The SMILES string of the molecule is O=C(C[C@@]1(COc2ccc(Cl)cc2)CN(Cc2cnn(Cc3ccccc3)c2)CCO1)N1CCCCC1. The molecule has 0 N–H and O–H groups in total. The number of likely N-dealkylation sites (tertiary alicyclic amines) is 1. The summed E-state index contributed by atoms with van der Waals surface area (Å²) in [4.78, 5) is 17.6. The number of benzene rings is 2. The van der Waals surface area contributed by atoms with Crippen molar-refractivity contribution in [2.75, 3.05) is 39.4 Å². The Morgan fingerprint density at radius 3 is 2.54 bits per heavy atom. The molecule has 2 aliphatic rings. The Balaban J connectivity index is 1.26. The highest BCUT2D eigenvalue weighted by Crippen LogP contribution is 2.27. The molecule has 2 aliphatic heterocycles. The Kier molecular flexibility index (Phi) is 8.44. The number of nitrogens with zero attached hydrogens (tertiary/aromatic N) is 4. The fraction of sp³-hybridized carbons (Fsp3) is 0.448. The number of morpholine rings is 1. The molecule has 2 aromatic carbocycles. The number of rotatable bonds is 9. The first-order valence-corrected chi connectivity index (χ1v) is 13.5. The first-order valence-electron chi connectivity index (χ1n) is 13.1. The molecule has 3 heterocycles. The molecule has 2 saturated heterocycles. The highest BCUT2D eigenvalue weighted by molar-refractivity contribution is 6.30. The van der Waals surface area contributed by atoms with Crippen LogP contribution in [0.15, 0.2) is 67.0 Å². The quantitative estimate of drug-likeness (QED) is 0.410. The largest absolute Gasteiger partial charge is 0.491 e. The molecule has 3 aromatic rings. The zero-order valence-electron chi connectivity index (χ0n) is 21.2. The van der Waals surface area contributed by atoms with Crippen LogP contribution in [0.2, 0.25) is 5.02 Å². The smallest absolute Gasteiger partial charge is 0.225 e. The number of halogens is 1. The normalized spacial score (nSPS) is 20.6. The molecule has 1 amide bonds. The van der Waals surface area contributed by atoms with Gasteiger partial charge in [-0.05, 0) is 49.1 Å². The van der Waals surface area contributed by atoms with Gasteiger partial charge in [-0.3, -0.25) is 14.4 Å². The maximum absolute atomic E-state index is 13.3. The Labute approximate surface area is 223 Å². The van der Waals surface area contributed by atoms with Gasteiger partial charge < -0.3 is 14.4 Å². The zero-order valence-corrected chi connectivity index (χ0v) is 22.0. The van der Waals surface area contributed by atoms with Gasteiger partial charge in [-0.1, -0.05) is 41.9 Å². The van der Waals surface area contributed by atoms with Gasteiger partial charge in [0.2, 0.25) is 5.91 Å². The highest BCUT2D eigenvalue weighted by atomic mass is 35.5. The lowest BCUT2D eigenvalue weighted by Crippen LogP contribution is -2.57. The number of hydrogen-bond acceptors (Lipinski definition) is 5. The topological polar surface area (TPSA) is 59.8 Å². The van der Waals surface area contributed by atoms with E-state index in [4.69, 9.17) is 21.1 Å². The Bertz CT molecular complexity index is 1150. The van der Waals surface area contributed by atoms with Crippen molar-refractivity contribution in [3.8, 4) is 5.75 Å². The van der Waals surface area contributed by atoms with Crippen LogP contribution in [0.5, 0.6) is 5.75 Å². The van der Waals surface area contributed by atoms with Crippen LogP contribution in [-0.4, -0.2) is 70.5 Å². The minimum Gasteiger partial charge on any atom is -0.491 e. The number of ether oxygens (including phenoxy) is 2. The van der Waals surface area contributed by atoms with Crippen molar-refractivity contribution in [1.82, 2.24) is 19.6 Å². The minimum atomic E-state index is -0.716. The molecular weight excluding hydrogens is 488 g/mol. The first-order chi connectivity index (χ1) is 18.1. The molecular formula is C29H35ClN4O3. The second-order valence-electron chi connectivity index (χ2n) is 10.1. The molecule has 196 valence electrons. The fourth-order valence-corrected chi connectivity index (χ4v) is 5.31. The summed E-state index contributed by atoms with van der Waals surface area (Å²) in [6, 6.07) is 17.7. The lowest BCUT2D eigenvalue weighted by atomic mass is 9.96. The van der Waals surface area contributed by atoms with Crippen molar-refractivity contribution in [3.05, 3.63) is 83.1 Å². The molecule has 0 radical (unpaired) electrons. The molecule has 8 heteroatoms. The Morgan fingerprint density at radius 1 is 0.973 bits per heavy atom. The van der Waals surface area contributed by atoms with Crippen molar-refractivity contribution in [3.63, 3.8) is 0 Å². The summed E-state index contributed by atoms with van der Waals surface area (Å²) >= 11 is 6.04. The fourth-order valence-electron chi connectivity index (χ4n) is 5.18. The molecule has 1 aromatic heterocycles. The van der Waals surface area contributed by atoms with E-state index in [0.29, 0.717) is 31.2 Å². The summed E-state index contributed by atoms with van der Waals surface area (Å²) in [5.41, 5.74) is 1.65. The van der Waals surface area contributed by atoms with E-state index in [2.05, 4.69) is 28.3 Å². The third-order valence-corrected chi connectivity index (χ3v) is 7.36. The summed E-state index contributed by atoms with van der Waals surface area (Å²) in [6.45, 7) is 5.42. The number of carbonyl (C=O) groups is 1. The molecule has 0 spiro atoms. The maximum Gasteiger partial charge on any atom is 0.225 e. The Hall–Kier alpha value is -2.87. The van der Waals surface area contributed by atoms with E-state index in [0.717, 1.165) is 56.9 Å². The predicted molar refractivity (Wildman–Crippen MR) is 144 cm³/mol. The van der Waals surface area contributed by atoms with Crippen LogP contribution in [0.25, 0.3) is 0 Å². The second-order valence-corrected chi connectivity index (χ2v) is 10.6. The van der Waals surface area contributed by atoms with E-state index in [1.807, 2.05) is 58.2 Å². The van der Waals surface area contributed by atoms with Crippen molar-refractivity contribution in [2.45, 2.75) is 44.4 Å². The van der Waals surface area contributed by atoms with Gasteiger partial charge in [-0.25, -0.2) is 0 Å². The van der Waals surface area contributed by atoms with Gasteiger partial charge in [0.1, 0.15) is 18.0 Å². The van der Waals surface area contributed by atoms with E-state index in [1.165, 1.54) is 12.0 Å². The summed E-state index contributed by atoms with van der Waals surface area (Å²) in [5.74, 6) is 0.869. The van der Waals surface area contributed by atoms with E-state index >= 15 is 0 Å². The van der Waals surface area contributed by atoms with Crippen LogP contribution in [0.4, 0.5) is 0 Å². The van der Waals surface area contributed by atoms with E-state index < -0.39 is 5.60 Å². The number of amides is 1. The molecule has 0 unspecified atom stereocenters. The summed E-state index contributed by atoms with van der Waals surface area (Å²) in [7, 11) is 0. The molecule has 0 aliphatic carbocycles. The number of piperidine rings is 1. The van der Waals surface area contributed by atoms with Crippen molar-refractivity contribution < 1.29 is 14.3 Å². The van der Waals surface area contributed by atoms with Gasteiger partial charge in [-0.2, -0.15) is 5.10 Å². The number of hydrogen-bond donors (Lipinski definition) is 0. The van der Waals surface area contributed by atoms with Gasteiger partial charge in [0, 0.05) is 49.5 Å². The third kappa shape index (κ3) is 7.12. The number of carbonyl (C=O) groups excluding carboxylic acids is 1. The first kappa shape index (κ1) is 25.8. The monoisotopic (exact) mass is 522 g/mol. The van der Waals surface area contributed by atoms with Crippen LogP contribution in [0.1, 0.15) is 36.8 Å². The van der Waals surface area contributed by atoms with Gasteiger partial charge in [-0.15, -0.1) is 0 Å². The average molecular weight is 523 g/mol. The number of aromatic nitrogens is 2. The zero-order chi connectivity index (χ0) is 25.5. The van der Waals surface area contributed by atoms with Gasteiger partial charge in [0.25, 0.3) is 0 Å². The molecule has 1 atom stereocenters. The van der Waals surface area contributed by atoms with Gasteiger partial charge in [0.15, 0.2) is 0 Å². The molecule has 0 bridgehead atoms. The van der Waals surface area contributed by atoms with Crippen LogP contribution < -0.4 is 4.74 Å². The van der Waals surface area contributed by atoms with Crippen LogP contribution >= 0.6 is 11.6 Å². The van der Waals surface area contributed by atoms with Crippen molar-refractivity contribution in [1.29, 1.82) is 0 Å². The van der Waals surface area contributed by atoms with Crippen molar-refractivity contribution >= 4 is 17.5 Å². The average Bonchev–Trinajstić information content (AvgIpc) is 3.36. The second kappa shape index (κ2) is 12.1. The van der Waals surface area contributed by atoms with Crippen LogP contribution in [-0.2, 0) is 22.6 Å². The predicted octanol–water partition coefficient (Wildman–Crippen LogP) is 4.64. The van der Waals surface area contributed by atoms with E-state index in [9.17, 15) is 4.79 Å². The lowest BCUT2D eigenvalue weighted by Gasteiger charge is -2.43. The standard InChI is InChI=1S/C29H35ClN4O3/c30-26-9-11-27(12-10-26)36-23-29(17-28(35)33-13-5-2-6-14-33)22-32(15-16-37-29)19-25-18-31-34(21-25)20-24-7-3-1-4-8-24/h1,3-4,7-12,18,21H,2,5-6,13-17,19-20,22-23H2/t29-/m0/s1. The van der Waals surface area contributed by atoms with E-state index in [-0.39, 0.29) is 5.91 Å². The summed E-state index contributed by atoms with van der Waals surface area (Å²) in [6.07, 6.45) is 7.68. The summed E-state index contributed by atoms with van der Waals surface area (Å²) in [5, 5.41) is 5.23. The van der Waals surface area contributed by atoms with Crippen molar-refractivity contribution in [2.24, 2.45) is 0 Å². The third-order valence-electron chi connectivity index (χ3n) is 7.11. The van der Waals surface area contributed by atoms with Crippen LogP contribution in [0.3, 0.4) is 0 Å². The molecule has 0 saturated carbocycles. The molecule has 2 fully saturated rings. The van der Waals surface area contributed by atoms with Crippen LogP contribution in [0, 0.1) is 0 Å². The van der Waals surface area contributed by atoms with Gasteiger partial charge >= 0.3 is 0 Å². The molecule has 5 rings (SSSR count). The van der Waals surface area contributed by atoms with Gasteiger partial charge in [0.05, 0.1) is 25.8 Å². The summed E-state index contributed by atoms with van der Waals surface area (Å²) < 4.78 is 14.5. The molecule has 7 nitrogen and oxygen atoms in total. The van der Waals surface area contributed by atoms with E-state index in [1.54, 1.807) is 0 Å². The highest BCUT2D eigenvalue weighted by Gasteiger charge is 2.41.